The molecule has 1 aromatic heterocycles. The predicted octanol–water partition coefficient (Wildman–Crippen LogP) is 4.88. The van der Waals surface area contributed by atoms with Gasteiger partial charge in [0.2, 0.25) is 0 Å². The number of thioether (sulfide) groups is 1. The molecule has 0 aliphatic carbocycles. The summed E-state index contributed by atoms with van der Waals surface area (Å²) >= 11 is 7.52. The van der Waals surface area contributed by atoms with Gasteiger partial charge < -0.3 is 10.2 Å². The van der Waals surface area contributed by atoms with Crippen LogP contribution in [0.5, 0.6) is 0 Å². The van der Waals surface area contributed by atoms with E-state index < -0.39 is 0 Å². The maximum atomic E-state index is 12.9. The summed E-state index contributed by atoms with van der Waals surface area (Å²) in [5.74, 6) is 0.795. The molecule has 0 unspecified atom stereocenters. The Morgan fingerprint density at radius 1 is 1.11 bits per heavy atom. The topological polar surface area (TPSA) is 58.1 Å². The number of hydrogen-bond acceptors (Lipinski definition) is 5. The molecule has 0 saturated carbocycles. The Labute approximate surface area is 172 Å². The molecule has 3 aromatic rings. The molecule has 8 heteroatoms. The van der Waals surface area contributed by atoms with Gasteiger partial charge in [-0.3, -0.25) is 4.79 Å². The number of halogens is 2. The van der Waals surface area contributed by atoms with Crippen molar-refractivity contribution in [3.63, 3.8) is 0 Å². The van der Waals surface area contributed by atoms with Crippen molar-refractivity contribution in [1.29, 1.82) is 0 Å². The van der Waals surface area contributed by atoms with Crippen molar-refractivity contribution in [2.45, 2.75) is 10.9 Å². The Balaban J connectivity index is 1.61. The van der Waals surface area contributed by atoms with E-state index in [0.29, 0.717) is 27.3 Å². The lowest BCUT2D eigenvalue weighted by molar-refractivity contribution is 0.102. The van der Waals surface area contributed by atoms with Crippen LogP contribution in [0.25, 0.3) is 0 Å². The van der Waals surface area contributed by atoms with Gasteiger partial charge in [0, 0.05) is 37.2 Å². The first-order valence-corrected chi connectivity index (χ1v) is 9.77. The number of aromatic nitrogens is 2. The highest BCUT2D eigenvalue weighted by Crippen LogP contribution is 2.24. The summed E-state index contributed by atoms with van der Waals surface area (Å²) in [5, 5.41) is 3.72. The third kappa shape index (κ3) is 5.43. The molecule has 0 spiro atoms. The number of benzene rings is 2. The van der Waals surface area contributed by atoms with Crippen molar-refractivity contribution in [2.24, 2.45) is 0 Å². The highest BCUT2D eigenvalue weighted by Gasteiger charge is 2.08. The number of carbonyl (C=O) groups excluding carboxylic acids is 1. The summed E-state index contributed by atoms with van der Waals surface area (Å²) in [6.45, 7) is 0. The highest BCUT2D eigenvalue weighted by atomic mass is 35.5. The van der Waals surface area contributed by atoms with Gasteiger partial charge in [-0.2, -0.15) is 0 Å². The molecule has 0 aliphatic rings. The fourth-order valence-corrected chi connectivity index (χ4v) is 3.35. The highest BCUT2D eigenvalue weighted by molar-refractivity contribution is 7.98. The van der Waals surface area contributed by atoms with E-state index in [-0.39, 0.29) is 11.7 Å². The van der Waals surface area contributed by atoms with E-state index in [1.165, 1.54) is 36.0 Å². The minimum absolute atomic E-state index is 0.250. The van der Waals surface area contributed by atoms with E-state index in [4.69, 9.17) is 11.6 Å². The van der Waals surface area contributed by atoms with Crippen molar-refractivity contribution in [3.8, 4) is 0 Å². The maximum Gasteiger partial charge on any atom is 0.255 e. The van der Waals surface area contributed by atoms with Crippen LogP contribution in [0.4, 0.5) is 15.9 Å². The molecular weight excluding hydrogens is 399 g/mol. The minimum atomic E-state index is -0.346. The summed E-state index contributed by atoms with van der Waals surface area (Å²) in [7, 11) is 3.78. The van der Waals surface area contributed by atoms with Crippen LogP contribution in [0, 0.1) is 5.82 Å². The second-order valence-electron chi connectivity index (χ2n) is 6.17. The quantitative estimate of drug-likeness (QED) is 0.352. The van der Waals surface area contributed by atoms with Crippen molar-refractivity contribution < 1.29 is 9.18 Å². The Hall–Kier alpha value is -2.64. The molecule has 0 saturated heterocycles. The molecule has 1 heterocycles. The molecule has 0 atom stereocenters. The Kier molecular flexibility index (Phi) is 6.49. The Bertz CT molecular complexity index is 965. The number of amides is 1. The first kappa shape index (κ1) is 20.1. The van der Waals surface area contributed by atoms with Gasteiger partial charge in [-0.15, -0.1) is 0 Å². The van der Waals surface area contributed by atoms with Crippen molar-refractivity contribution in [2.75, 3.05) is 24.3 Å². The van der Waals surface area contributed by atoms with Crippen molar-refractivity contribution in [1.82, 2.24) is 9.97 Å². The van der Waals surface area contributed by atoms with Gasteiger partial charge in [-0.05, 0) is 42.0 Å². The van der Waals surface area contributed by atoms with E-state index in [0.717, 1.165) is 11.4 Å². The van der Waals surface area contributed by atoms with Gasteiger partial charge in [0.1, 0.15) is 16.8 Å². The van der Waals surface area contributed by atoms with Crippen LogP contribution < -0.4 is 10.2 Å². The summed E-state index contributed by atoms with van der Waals surface area (Å²) in [6.07, 6.45) is 0. The molecule has 0 radical (unpaired) electrons. The van der Waals surface area contributed by atoms with Gasteiger partial charge in [-0.1, -0.05) is 35.5 Å². The van der Waals surface area contributed by atoms with E-state index >= 15 is 0 Å². The minimum Gasteiger partial charge on any atom is -0.363 e. The molecule has 5 nitrogen and oxygen atoms in total. The molecule has 0 bridgehead atoms. The summed E-state index contributed by atoms with van der Waals surface area (Å²) in [5.41, 5.74) is 2.09. The average Bonchev–Trinajstić information content (AvgIpc) is 2.68. The standard InChI is InChI=1S/C20H18ClFN4OS/c1-26(2)18-11-17(21)24-20(25-18)28-12-13-3-5-14(6-4-13)19(27)23-16-9-7-15(22)8-10-16/h3-11H,12H2,1-2H3,(H,23,27). The monoisotopic (exact) mass is 416 g/mol. The molecule has 1 amide bonds. The fourth-order valence-electron chi connectivity index (χ4n) is 2.32. The summed E-state index contributed by atoms with van der Waals surface area (Å²) in [4.78, 5) is 22.8. The van der Waals surface area contributed by atoms with Crippen LogP contribution in [0.1, 0.15) is 15.9 Å². The first-order chi connectivity index (χ1) is 13.4. The molecule has 0 fully saturated rings. The zero-order valence-corrected chi connectivity index (χ0v) is 16.9. The molecule has 28 heavy (non-hydrogen) atoms. The van der Waals surface area contributed by atoms with Crippen molar-refractivity contribution >= 4 is 40.8 Å². The smallest absolute Gasteiger partial charge is 0.255 e. The van der Waals surface area contributed by atoms with Gasteiger partial charge in [0.05, 0.1) is 0 Å². The lowest BCUT2D eigenvalue weighted by atomic mass is 10.1. The Morgan fingerprint density at radius 3 is 2.43 bits per heavy atom. The largest absolute Gasteiger partial charge is 0.363 e. The van der Waals surface area contributed by atoms with E-state index in [1.807, 2.05) is 31.1 Å². The number of hydrogen-bond donors (Lipinski definition) is 1. The fraction of sp³-hybridized carbons (Fsp3) is 0.150. The van der Waals surface area contributed by atoms with Gasteiger partial charge >= 0.3 is 0 Å². The van der Waals surface area contributed by atoms with Crippen LogP contribution >= 0.6 is 23.4 Å². The lowest BCUT2D eigenvalue weighted by Gasteiger charge is -2.12. The molecular formula is C20H18ClFN4OS. The average molecular weight is 417 g/mol. The summed E-state index contributed by atoms with van der Waals surface area (Å²) in [6, 6.07) is 14.6. The van der Waals surface area contributed by atoms with Crippen LogP contribution in [0.15, 0.2) is 59.8 Å². The number of nitrogens with zero attached hydrogens (tertiary/aromatic N) is 3. The molecule has 1 N–H and O–H groups in total. The first-order valence-electron chi connectivity index (χ1n) is 8.41. The van der Waals surface area contributed by atoms with Gasteiger partial charge in [0.15, 0.2) is 5.16 Å². The summed E-state index contributed by atoms with van der Waals surface area (Å²) < 4.78 is 12.9. The Morgan fingerprint density at radius 2 is 1.79 bits per heavy atom. The van der Waals surface area contributed by atoms with Crippen LogP contribution in [0.2, 0.25) is 5.15 Å². The second kappa shape index (κ2) is 9.03. The third-order valence-corrected chi connectivity index (χ3v) is 4.92. The maximum absolute atomic E-state index is 12.9. The zero-order chi connectivity index (χ0) is 20.1. The zero-order valence-electron chi connectivity index (χ0n) is 15.3. The number of anilines is 2. The van der Waals surface area contributed by atoms with Crippen molar-refractivity contribution in [3.05, 3.63) is 76.7 Å². The SMILES string of the molecule is CN(C)c1cc(Cl)nc(SCc2ccc(C(=O)Nc3ccc(F)cc3)cc2)n1. The molecule has 0 aliphatic heterocycles. The molecule has 144 valence electrons. The van der Waals surface area contributed by atoms with E-state index in [9.17, 15) is 9.18 Å². The van der Waals surface area contributed by atoms with E-state index in [2.05, 4.69) is 15.3 Å². The number of carbonyl (C=O) groups is 1. The van der Waals surface area contributed by atoms with Crippen LogP contribution in [-0.4, -0.2) is 30.0 Å². The van der Waals surface area contributed by atoms with Crippen LogP contribution in [0.3, 0.4) is 0 Å². The number of nitrogens with one attached hydrogen (secondary N) is 1. The molecule has 3 rings (SSSR count). The number of rotatable bonds is 6. The lowest BCUT2D eigenvalue weighted by Crippen LogP contribution is -2.11. The molecule has 2 aromatic carbocycles. The van der Waals surface area contributed by atoms with Gasteiger partial charge in [0.25, 0.3) is 5.91 Å². The van der Waals surface area contributed by atoms with Crippen LogP contribution in [-0.2, 0) is 5.75 Å². The normalized spacial score (nSPS) is 10.6. The second-order valence-corrected chi connectivity index (χ2v) is 7.50. The predicted molar refractivity (Wildman–Crippen MR) is 112 cm³/mol. The van der Waals surface area contributed by atoms with Gasteiger partial charge in [-0.25, -0.2) is 14.4 Å². The third-order valence-electron chi connectivity index (χ3n) is 3.81. The van der Waals surface area contributed by atoms with E-state index in [1.54, 1.807) is 18.2 Å².